The molecule has 5 heteroatoms. The van der Waals surface area contributed by atoms with E-state index < -0.39 is 0 Å². The van der Waals surface area contributed by atoms with Gasteiger partial charge < -0.3 is 9.13 Å². The molecule has 0 fully saturated rings. The van der Waals surface area contributed by atoms with Gasteiger partial charge in [-0.2, -0.15) is 15.8 Å². The monoisotopic (exact) mass is 637 g/mol. The third kappa shape index (κ3) is 4.45. The minimum absolute atomic E-state index is 0.583. The summed E-state index contributed by atoms with van der Waals surface area (Å²) in [6.07, 6.45) is 3.58. The third-order valence-electron chi connectivity index (χ3n) is 9.93. The topological polar surface area (TPSA) is 81.2 Å². The Balaban J connectivity index is 1.18. The van der Waals surface area contributed by atoms with Gasteiger partial charge in [-0.15, -0.1) is 0 Å². The Morgan fingerprint density at radius 3 is 2.06 bits per heavy atom. The molecule has 0 bridgehead atoms. The Hall–Kier alpha value is -7.13. The molecule has 0 radical (unpaired) electrons. The Bertz CT molecular complexity index is 2860. The second-order valence-electron chi connectivity index (χ2n) is 12.6. The van der Waals surface area contributed by atoms with Gasteiger partial charge in [0.05, 0.1) is 57.3 Å². The van der Waals surface area contributed by atoms with Crippen LogP contribution in [0.5, 0.6) is 0 Å². The second kappa shape index (κ2) is 11.5. The minimum Gasteiger partial charge on any atom is -0.309 e. The molecule has 9 rings (SSSR count). The maximum Gasteiger partial charge on any atom is 0.0998 e. The number of fused-ring (bicyclic) bond motifs is 6. The lowest BCUT2D eigenvalue weighted by molar-refractivity contribution is 0.940. The van der Waals surface area contributed by atoms with Crippen molar-refractivity contribution in [2.75, 3.05) is 0 Å². The van der Waals surface area contributed by atoms with E-state index in [0.29, 0.717) is 11.1 Å². The molecule has 0 unspecified atom stereocenters. The highest BCUT2D eigenvalue weighted by Gasteiger charge is 2.23. The summed E-state index contributed by atoms with van der Waals surface area (Å²) >= 11 is 0. The average molecular weight is 638 g/mol. The normalized spacial score (nSPS) is 12.3. The number of allylic oxidation sites excluding steroid dienone is 1. The van der Waals surface area contributed by atoms with Crippen molar-refractivity contribution in [2.24, 2.45) is 0 Å². The first-order valence-corrected chi connectivity index (χ1v) is 16.6. The Kier molecular flexibility index (Phi) is 6.70. The van der Waals surface area contributed by atoms with Crippen LogP contribution in [0.4, 0.5) is 0 Å². The standard InChI is InChI=1S/C45H27N5/c46-26-29-17-21-44-40(22-29)38-12-3-4-13-41(38)49(44)34-9-7-8-31(25-34)32-18-20-35(33(24-32)28-48)36-10-1-5-14-42(36)50-43-15-6-2-11-37(43)39-19-16-30(27-47)23-45(39)50/h1-15,17-18,20-25H,16,19H2. The number of hydrogen-bond acceptors (Lipinski definition) is 3. The lowest BCUT2D eigenvalue weighted by Gasteiger charge is -2.18. The summed E-state index contributed by atoms with van der Waals surface area (Å²) in [6, 6.07) is 52.4. The molecule has 232 valence electrons. The van der Waals surface area contributed by atoms with Crippen LogP contribution >= 0.6 is 0 Å². The number of nitrogens with zero attached hydrogens (tertiary/aromatic N) is 5. The van der Waals surface area contributed by atoms with Gasteiger partial charge in [-0.3, -0.25) is 0 Å². The predicted octanol–water partition coefficient (Wildman–Crippen LogP) is 10.7. The van der Waals surface area contributed by atoms with Gasteiger partial charge in [0.15, 0.2) is 0 Å². The highest BCUT2D eigenvalue weighted by Crippen LogP contribution is 2.40. The maximum atomic E-state index is 10.6. The number of aromatic nitrogens is 2. The molecule has 2 aromatic heterocycles. The van der Waals surface area contributed by atoms with Crippen LogP contribution in [0.2, 0.25) is 0 Å². The molecule has 6 aromatic carbocycles. The van der Waals surface area contributed by atoms with Crippen LogP contribution in [0.3, 0.4) is 0 Å². The number of rotatable bonds is 4. The van der Waals surface area contributed by atoms with Gasteiger partial charge >= 0.3 is 0 Å². The van der Waals surface area contributed by atoms with Crippen LogP contribution in [0.15, 0.2) is 139 Å². The summed E-state index contributed by atoms with van der Waals surface area (Å²) in [4.78, 5) is 0. The second-order valence-corrected chi connectivity index (χ2v) is 12.6. The molecule has 2 heterocycles. The van der Waals surface area contributed by atoms with E-state index in [1.165, 1.54) is 10.9 Å². The molecule has 0 aliphatic heterocycles. The largest absolute Gasteiger partial charge is 0.309 e. The van der Waals surface area contributed by atoms with E-state index in [0.717, 1.165) is 85.1 Å². The minimum atomic E-state index is 0.583. The maximum absolute atomic E-state index is 10.6. The van der Waals surface area contributed by atoms with Crippen LogP contribution in [0.25, 0.3) is 72.4 Å². The molecule has 0 saturated carbocycles. The van der Waals surface area contributed by atoms with Gasteiger partial charge in [0, 0.05) is 38.5 Å². The van der Waals surface area contributed by atoms with E-state index in [1.54, 1.807) is 0 Å². The molecule has 5 nitrogen and oxygen atoms in total. The molecule has 1 aliphatic carbocycles. The Morgan fingerprint density at radius 2 is 1.24 bits per heavy atom. The lowest BCUT2D eigenvalue weighted by atomic mass is 9.94. The molecular formula is C45H27N5. The number of hydrogen-bond donors (Lipinski definition) is 0. The van der Waals surface area contributed by atoms with Crippen molar-refractivity contribution in [3.8, 4) is 51.8 Å². The van der Waals surface area contributed by atoms with Gasteiger partial charge in [-0.1, -0.05) is 78.9 Å². The Morgan fingerprint density at radius 1 is 0.500 bits per heavy atom. The zero-order chi connectivity index (χ0) is 33.8. The molecule has 8 aromatic rings. The van der Waals surface area contributed by atoms with Crippen LogP contribution in [-0.4, -0.2) is 9.13 Å². The van der Waals surface area contributed by atoms with Crippen molar-refractivity contribution in [1.29, 1.82) is 15.8 Å². The summed E-state index contributed by atoms with van der Waals surface area (Å²) in [5.41, 5.74) is 13.2. The summed E-state index contributed by atoms with van der Waals surface area (Å²) < 4.78 is 4.49. The van der Waals surface area contributed by atoms with Gasteiger partial charge in [-0.25, -0.2) is 0 Å². The summed E-state index contributed by atoms with van der Waals surface area (Å²) in [5, 5.41) is 33.2. The fourth-order valence-electron chi connectivity index (χ4n) is 7.68. The zero-order valence-corrected chi connectivity index (χ0v) is 26.9. The molecular weight excluding hydrogens is 611 g/mol. The van der Waals surface area contributed by atoms with E-state index in [2.05, 4.69) is 100 Å². The molecule has 0 amide bonds. The van der Waals surface area contributed by atoms with Crippen molar-refractivity contribution in [2.45, 2.75) is 12.8 Å². The molecule has 0 atom stereocenters. The van der Waals surface area contributed by atoms with Crippen molar-refractivity contribution in [1.82, 2.24) is 9.13 Å². The lowest BCUT2D eigenvalue weighted by Crippen LogP contribution is -2.04. The summed E-state index contributed by atoms with van der Waals surface area (Å²) in [7, 11) is 0. The molecule has 0 N–H and O–H groups in total. The quantitative estimate of drug-likeness (QED) is 0.193. The molecule has 50 heavy (non-hydrogen) atoms. The van der Waals surface area contributed by atoms with E-state index >= 15 is 0 Å². The molecule has 0 saturated heterocycles. The van der Waals surface area contributed by atoms with Gasteiger partial charge in [0.25, 0.3) is 0 Å². The molecule has 0 spiro atoms. The van der Waals surface area contributed by atoms with Crippen molar-refractivity contribution in [3.05, 3.63) is 161 Å². The number of nitriles is 3. The fraction of sp³-hybridized carbons (Fsp3) is 0.0444. The first kappa shape index (κ1) is 29.0. The van der Waals surface area contributed by atoms with Crippen LogP contribution in [0, 0.1) is 34.0 Å². The first-order chi connectivity index (χ1) is 24.7. The Labute approximate surface area is 289 Å². The van der Waals surface area contributed by atoms with E-state index in [4.69, 9.17) is 0 Å². The van der Waals surface area contributed by atoms with Crippen molar-refractivity contribution in [3.63, 3.8) is 0 Å². The van der Waals surface area contributed by atoms with Crippen LogP contribution in [-0.2, 0) is 6.42 Å². The highest BCUT2D eigenvalue weighted by atomic mass is 15.0. The smallest absolute Gasteiger partial charge is 0.0998 e. The number of aryl methyl sites for hydroxylation is 1. The van der Waals surface area contributed by atoms with Crippen LogP contribution < -0.4 is 0 Å². The average Bonchev–Trinajstić information content (AvgIpc) is 3.69. The van der Waals surface area contributed by atoms with Gasteiger partial charge in [0.1, 0.15) is 0 Å². The van der Waals surface area contributed by atoms with Gasteiger partial charge in [0.2, 0.25) is 0 Å². The summed E-state index contributed by atoms with van der Waals surface area (Å²) in [5.74, 6) is 0. The molecule has 1 aliphatic rings. The number of para-hydroxylation sites is 3. The summed E-state index contributed by atoms with van der Waals surface area (Å²) in [6.45, 7) is 0. The first-order valence-electron chi connectivity index (χ1n) is 16.6. The zero-order valence-electron chi connectivity index (χ0n) is 26.9. The SMILES string of the molecule is N#CC1=Cc2c(c3ccccc3n2-c2ccccc2-c2ccc(-c3cccc(-n4c5ccccc5c5cc(C#N)ccc54)c3)cc2C#N)CC1. The highest BCUT2D eigenvalue weighted by molar-refractivity contribution is 6.09. The predicted molar refractivity (Wildman–Crippen MR) is 200 cm³/mol. The van der Waals surface area contributed by atoms with Crippen molar-refractivity contribution < 1.29 is 0 Å². The van der Waals surface area contributed by atoms with E-state index in [9.17, 15) is 15.8 Å². The van der Waals surface area contributed by atoms with E-state index in [1.807, 2.05) is 66.7 Å². The third-order valence-corrected chi connectivity index (χ3v) is 9.93. The van der Waals surface area contributed by atoms with Crippen LogP contribution in [0.1, 0.15) is 28.8 Å². The fourth-order valence-corrected chi connectivity index (χ4v) is 7.68. The van der Waals surface area contributed by atoms with E-state index in [-0.39, 0.29) is 0 Å². The van der Waals surface area contributed by atoms with Crippen molar-refractivity contribution >= 4 is 38.8 Å². The van der Waals surface area contributed by atoms with Gasteiger partial charge in [-0.05, 0) is 90.2 Å². The number of benzene rings is 6.